The predicted octanol–water partition coefficient (Wildman–Crippen LogP) is 2.37. The first-order valence-corrected chi connectivity index (χ1v) is 10.6. The van der Waals surface area contributed by atoms with E-state index in [4.69, 9.17) is 4.74 Å². The van der Waals surface area contributed by atoms with Crippen LogP contribution in [0.25, 0.3) is 10.2 Å². The van der Waals surface area contributed by atoms with Gasteiger partial charge in [0, 0.05) is 5.56 Å². The maximum Gasteiger partial charge on any atom is 0.263 e. The van der Waals surface area contributed by atoms with Gasteiger partial charge in [-0.25, -0.2) is 13.4 Å². The van der Waals surface area contributed by atoms with Crippen molar-refractivity contribution in [2.45, 2.75) is 17.9 Å². The summed E-state index contributed by atoms with van der Waals surface area (Å²) in [5, 5.41) is 3.17. The molecule has 3 aromatic rings. The number of aromatic nitrogens is 1. The van der Waals surface area contributed by atoms with Gasteiger partial charge in [0.05, 0.1) is 22.2 Å². The molecule has 8 nitrogen and oxygen atoms in total. The lowest BCUT2D eigenvalue weighted by atomic mass is 10.2. The van der Waals surface area contributed by atoms with Crippen molar-refractivity contribution in [2.75, 3.05) is 12.4 Å². The van der Waals surface area contributed by atoms with Gasteiger partial charge in [-0.1, -0.05) is 23.5 Å². The molecule has 0 spiro atoms. The summed E-state index contributed by atoms with van der Waals surface area (Å²) in [5.41, 5.74) is 1.20. The molecule has 10 heteroatoms. The number of anilines is 1. The van der Waals surface area contributed by atoms with Gasteiger partial charge in [-0.05, 0) is 37.3 Å². The van der Waals surface area contributed by atoms with E-state index in [0.29, 0.717) is 16.4 Å². The molecule has 1 amide bonds. The second kappa shape index (κ2) is 6.88. The Morgan fingerprint density at radius 2 is 2.07 bits per heavy atom. The summed E-state index contributed by atoms with van der Waals surface area (Å²) in [6, 6.07) is 11.1. The van der Waals surface area contributed by atoms with Crippen LogP contribution in [0, 0.1) is 0 Å². The number of fused-ring (bicyclic) bond motifs is 2. The number of hydrogen-bond donors (Lipinski definition) is 2. The molecule has 0 unspecified atom stereocenters. The molecular weight excluding hydrogens is 400 g/mol. The highest BCUT2D eigenvalue weighted by Gasteiger charge is 2.31. The molecule has 0 saturated carbocycles. The molecular formula is C18H16N4O4S2. The minimum absolute atomic E-state index is 0.154. The van der Waals surface area contributed by atoms with Crippen molar-refractivity contribution in [1.82, 2.24) is 9.71 Å². The summed E-state index contributed by atoms with van der Waals surface area (Å²) in [6.45, 7) is 1.59. The number of amides is 1. The molecule has 0 bridgehead atoms. The van der Waals surface area contributed by atoms with Crippen molar-refractivity contribution >= 4 is 48.5 Å². The van der Waals surface area contributed by atoms with E-state index in [2.05, 4.69) is 20.0 Å². The fourth-order valence-electron chi connectivity index (χ4n) is 2.78. The lowest BCUT2D eigenvalue weighted by Gasteiger charge is -2.07. The van der Waals surface area contributed by atoms with E-state index in [0.717, 1.165) is 10.2 Å². The maximum atomic E-state index is 12.5. The second-order valence-corrected chi connectivity index (χ2v) is 8.78. The Balaban J connectivity index is 1.55. The minimum atomic E-state index is -3.64. The van der Waals surface area contributed by atoms with Crippen LogP contribution in [0.15, 0.2) is 52.4 Å². The Bertz CT molecular complexity index is 1220. The Kier molecular flexibility index (Phi) is 4.52. The largest absolute Gasteiger partial charge is 0.497 e. The van der Waals surface area contributed by atoms with Crippen molar-refractivity contribution < 1.29 is 17.9 Å². The van der Waals surface area contributed by atoms with Gasteiger partial charge in [0.25, 0.3) is 15.9 Å². The van der Waals surface area contributed by atoms with Crippen LogP contribution in [0.5, 0.6) is 5.75 Å². The summed E-state index contributed by atoms with van der Waals surface area (Å²) < 4.78 is 32.8. The van der Waals surface area contributed by atoms with E-state index in [1.807, 2.05) is 12.1 Å². The van der Waals surface area contributed by atoms with E-state index in [-0.39, 0.29) is 16.6 Å². The van der Waals surface area contributed by atoms with Crippen molar-refractivity contribution in [2.24, 2.45) is 4.99 Å². The summed E-state index contributed by atoms with van der Waals surface area (Å²) >= 11 is 1.32. The number of sulfonamides is 1. The van der Waals surface area contributed by atoms with Gasteiger partial charge in [-0.3, -0.25) is 14.5 Å². The topological polar surface area (TPSA) is 110 Å². The van der Waals surface area contributed by atoms with Crippen molar-refractivity contribution in [1.29, 1.82) is 0 Å². The number of carbonyl (C=O) groups is 1. The molecule has 144 valence electrons. The van der Waals surface area contributed by atoms with E-state index < -0.39 is 16.1 Å². The van der Waals surface area contributed by atoms with E-state index >= 15 is 0 Å². The van der Waals surface area contributed by atoms with Gasteiger partial charge in [0.2, 0.25) is 0 Å². The van der Waals surface area contributed by atoms with Crippen LogP contribution >= 0.6 is 11.3 Å². The lowest BCUT2D eigenvalue weighted by Crippen LogP contribution is -2.28. The number of aliphatic imine (C=N–C) groups is 1. The SMILES string of the molecule is COc1ccc2nc(NC(=O)[C@H](C)N=C3NS(=O)(=O)c4ccccc43)sc2c1. The number of thiazole rings is 1. The smallest absolute Gasteiger partial charge is 0.263 e. The number of nitrogens with one attached hydrogen (secondary N) is 2. The Morgan fingerprint density at radius 3 is 2.86 bits per heavy atom. The summed E-state index contributed by atoms with van der Waals surface area (Å²) in [4.78, 5) is 21.3. The fourth-order valence-corrected chi connectivity index (χ4v) is 4.91. The van der Waals surface area contributed by atoms with Gasteiger partial charge >= 0.3 is 0 Å². The van der Waals surface area contributed by atoms with Crippen LogP contribution < -0.4 is 14.8 Å². The number of benzene rings is 2. The number of ether oxygens (including phenoxy) is 1. The van der Waals surface area contributed by atoms with E-state index in [9.17, 15) is 13.2 Å². The summed E-state index contributed by atoms with van der Waals surface area (Å²) in [7, 11) is -2.06. The molecule has 2 heterocycles. The zero-order chi connectivity index (χ0) is 19.9. The fraction of sp³-hybridized carbons (Fsp3) is 0.167. The first-order valence-electron chi connectivity index (χ1n) is 8.33. The summed E-state index contributed by atoms with van der Waals surface area (Å²) in [5.74, 6) is 0.482. The molecule has 0 saturated heterocycles. The third-order valence-electron chi connectivity index (χ3n) is 4.19. The molecule has 2 aromatic carbocycles. The van der Waals surface area contributed by atoms with Crippen LogP contribution in [-0.4, -0.2) is 38.3 Å². The summed E-state index contributed by atoms with van der Waals surface area (Å²) in [6.07, 6.45) is 0. The Hall–Kier alpha value is -2.98. The molecule has 1 aliphatic heterocycles. The molecule has 4 rings (SSSR count). The first kappa shape index (κ1) is 18.4. The number of rotatable bonds is 4. The number of methoxy groups -OCH3 is 1. The number of hydrogen-bond acceptors (Lipinski definition) is 7. The molecule has 2 N–H and O–H groups in total. The van der Waals surface area contributed by atoms with Gasteiger partial charge in [0.1, 0.15) is 17.6 Å². The predicted molar refractivity (Wildman–Crippen MR) is 108 cm³/mol. The van der Waals surface area contributed by atoms with Crippen LogP contribution in [0.4, 0.5) is 5.13 Å². The van der Waals surface area contributed by atoms with Crippen molar-refractivity contribution in [3.63, 3.8) is 0 Å². The number of nitrogens with zero attached hydrogens (tertiary/aromatic N) is 2. The van der Waals surface area contributed by atoms with Crippen molar-refractivity contribution in [3.8, 4) is 5.75 Å². The van der Waals surface area contributed by atoms with Gasteiger partial charge in [0.15, 0.2) is 5.13 Å². The molecule has 1 atom stereocenters. The monoisotopic (exact) mass is 416 g/mol. The second-order valence-electron chi connectivity index (χ2n) is 6.10. The normalized spacial score (nSPS) is 17.1. The standard InChI is InChI=1S/C18H16N4O4S2/c1-10(19-16-12-5-3-4-6-15(12)28(24,25)22-16)17(23)21-18-20-13-8-7-11(26-2)9-14(13)27-18/h3-10H,1-2H3,(H,19,22)(H,20,21,23)/t10-/m0/s1. The van der Waals surface area contributed by atoms with Crippen LogP contribution in [0.2, 0.25) is 0 Å². The van der Waals surface area contributed by atoms with Crippen LogP contribution in [0.1, 0.15) is 12.5 Å². The molecule has 0 aliphatic carbocycles. The molecule has 28 heavy (non-hydrogen) atoms. The molecule has 0 fully saturated rings. The van der Waals surface area contributed by atoms with Gasteiger partial charge in [-0.2, -0.15) is 0 Å². The zero-order valence-corrected chi connectivity index (χ0v) is 16.6. The number of amidine groups is 1. The third kappa shape index (κ3) is 3.32. The highest BCUT2D eigenvalue weighted by atomic mass is 32.2. The van der Waals surface area contributed by atoms with Gasteiger partial charge < -0.3 is 10.1 Å². The third-order valence-corrected chi connectivity index (χ3v) is 6.52. The maximum absolute atomic E-state index is 12.5. The van der Waals surface area contributed by atoms with Crippen molar-refractivity contribution in [3.05, 3.63) is 48.0 Å². The van der Waals surface area contributed by atoms with Crippen LogP contribution in [0.3, 0.4) is 0 Å². The average molecular weight is 416 g/mol. The van der Waals surface area contributed by atoms with E-state index in [1.54, 1.807) is 38.3 Å². The molecule has 0 radical (unpaired) electrons. The highest BCUT2D eigenvalue weighted by molar-refractivity contribution is 7.90. The average Bonchev–Trinajstić information content (AvgIpc) is 3.19. The first-order chi connectivity index (χ1) is 13.4. The Morgan fingerprint density at radius 1 is 1.29 bits per heavy atom. The quantitative estimate of drug-likeness (QED) is 0.679. The number of carbonyl (C=O) groups excluding carboxylic acids is 1. The van der Waals surface area contributed by atoms with E-state index in [1.165, 1.54) is 17.4 Å². The molecule has 1 aliphatic rings. The van der Waals surface area contributed by atoms with Crippen LogP contribution in [-0.2, 0) is 14.8 Å². The Labute approximate surface area is 165 Å². The molecule has 1 aromatic heterocycles. The zero-order valence-electron chi connectivity index (χ0n) is 15.0. The van der Waals surface area contributed by atoms with Gasteiger partial charge in [-0.15, -0.1) is 0 Å². The lowest BCUT2D eigenvalue weighted by molar-refractivity contribution is -0.117. The highest BCUT2D eigenvalue weighted by Crippen LogP contribution is 2.29. The minimum Gasteiger partial charge on any atom is -0.497 e.